The van der Waals surface area contributed by atoms with Gasteiger partial charge in [-0.2, -0.15) is 0 Å². The van der Waals surface area contributed by atoms with Gasteiger partial charge in [-0.15, -0.1) is 11.3 Å². The first-order valence-electron chi connectivity index (χ1n) is 7.70. The second kappa shape index (κ2) is 8.21. The first-order valence-corrected chi connectivity index (χ1v) is 8.58. The van der Waals surface area contributed by atoms with E-state index in [2.05, 4.69) is 20.6 Å². The fraction of sp³-hybridized carbons (Fsp3) is 0.167. The molecule has 0 spiro atoms. The molecule has 3 rings (SSSR count). The largest absolute Gasteiger partial charge is 0.338 e. The monoisotopic (exact) mass is 338 g/mol. The number of nitrogens with one attached hydrogen (secondary N) is 2. The number of nitrogens with zero attached hydrogens (tertiary/aromatic N) is 2. The molecule has 2 N–H and O–H groups in total. The van der Waals surface area contributed by atoms with Crippen LogP contribution in [0.15, 0.2) is 66.4 Å². The Kier molecular flexibility index (Phi) is 5.52. The van der Waals surface area contributed by atoms with Crippen molar-refractivity contribution in [3.8, 4) is 0 Å². The van der Waals surface area contributed by atoms with E-state index >= 15 is 0 Å². The minimum atomic E-state index is -0.214. The van der Waals surface area contributed by atoms with Gasteiger partial charge in [-0.05, 0) is 23.3 Å². The molecule has 2 heterocycles. The van der Waals surface area contributed by atoms with Crippen LogP contribution in [0.3, 0.4) is 0 Å². The summed E-state index contributed by atoms with van der Waals surface area (Å²) in [4.78, 5) is 20.5. The second-order valence-electron chi connectivity index (χ2n) is 5.20. The maximum Gasteiger partial charge on any atom is 0.315 e. The summed E-state index contributed by atoms with van der Waals surface area (Å²) in [5.41, 5.74) is 2.02. The molecule has 5 nitrogen and oxygen atoms in total. The van der Waals surface area contributed by atoms with E-state index in [1.165, 1.54) is 0 Å². The molecule has 0 aliphatic carbocycles. The van der Waals surface area contributed by atoms with Crippen molar-refractivity contribution >= 4 is 17.4 Å². The van der Waals surface area contributed by atoms with Gasteiger partial charge in [-0.3, -0.25) is 4.98 Å². The lowest BCUT2D eigenvalue weighted by Crippen LogP contribution is -2.39. The van der Waals surface area contributed by atoms with Crippen molar-refractivity contribution in [3.05, 3.63) is 82.6 Å². The maximum atomic E-state index is 12.3. The molecule has 1 atom stereocenters. The molecule has 122 valence electrons. The van der Waals surface area contributed by atoms with Gasteiger partial charge >= 0.3 is 6.03 Å². The third kappa shape index (κ3) is 4.39. The quantitative estimate of drug-likeness (QED) is 0.725. The normalized spacial score (nSPS) is 11.7. The molecule has 1 aromatic carbocycles. The van der Waals surface area contributed by atoms with E-state index < -0.39 is 0 Å². The van der Waals surface area contributed by atoms with Crippen LogP contribution in [-0.2, 0) is 6.42 Å². The number of amides is 2. The molecule has 2 aromatic heterocycles. The summed E-state index contributed by atoms with van der Waals surface area (Å²) in [6.07, 6.45) is 5.96. The van der Waals surface area contributed by atoms with Crippen LogP contribution in [0, 0.1) is 0 Å². The summed E-state index contributed by atoms with van der Waals surface area (Å²) >= 11 is 1.59. The average Bonchev–Trinajstić information content (AvgIpc) is 3.15. The van der Waals surface area contributed by atoms with E-state index in [1.54, 1.807) is 29.9 Å². The Morgan fingerprint density at radius 1 is 1.04 bits per heavy atom. The SMILES string of the molecule is O=C(NCCc1nccs1)N[C@@H](c1ccccc1)c1ccncc1. The molecule has 6 heteroatoms. The predicted molar refractivity (Wildman–Crippen MR) is 94.9 cm³/mol. The van der Waals surface area contributed by atoms with Crippen LogP contribution in [0.5, 0.6) is 0 Å². The van der Waals surface area contributed by atoms with Crippen LogP contribution in [0.4, 0.5) is 4.79 Å². The van der Waals surface area contributed by atoms with Gasteiger partial charge in [0.2, 0.25) is 0 Å². The van der Waals surface area contributed by atoms with Crippen molar-refractivity contribution < 1.29 is 4.79 Å². The number of benzene rings is 1. The van der Waals surface area contributed by atoms with E-state index in [0.717, 1.165) is 22.6 Å². The summed E-state index contributed by atoms with van der Waals surface area (Å²) < 4.78 is 0. The molecular formula is C18H18N4OS. The van der Waals surface area contributed by atoms with Crippen molar-refractivity contribution in [2.45, 2.75) is 12.5 Å². The number of carbonyl (C=O) groups is 1. The number of hydrogen-bond acceptors (Lipinski definition) is 4. The van der Waals surface area contributed by atoms with Gasteiger partial charge in [0, 0.05) is 36.9 Å². The highest BCUT2D eigenvalue weighted by Gasteiger charge is 2.16. The van der Waals surface area contributed by atoms with Crippen molar-refractivity contribution in [1.82, 2.24) is 20.6 Å². The van der Waals surface area contributed by atoms with E-state index in [1.807, 2.05) is 47.8 Å². The molecular weight excluding hydrogens is 320 g/mol. The van der Waals surface area contributed by atoms with Gasteiger partial charge in [0.05, 0.1) is 11.0 Å². The molecule has 2 amide bonds. The van der Waals surface area contributed by atoms with Gasteiger partial charge in [0.1, 0.15) is 0 Å². The predicted octanol–water partition coefficient (Wildman–Crippen LogP) is 3.17. The zero-order valence-corrected chi connectivity index (χ0v) is 13.9. The van der Waals surface area contributed by atoms with E-state index in [9.17, 15) is 4.79 Å². The summed E-state index contributed by atoms with van der Waals surface area (Å²) in [7, 11) is 0. The molecule has 3 aromatic rings. The molecule has 0 unspecified atom stereocenters. The van der Waals surface area contributed by atoms with Gasteiger partial charge in [0.15, 0.2) is 0 Å². The Bertz CT molecular complexity index is 708. The highest BCUT2D eigenvalue weighted by Crippen LogP contribution is 2.21. The molecule has 0 saturated heterocycles. The lowest BCUT2D eigenvalue weighted by molar-refractivity contribution is 0.239. The molecule has 0 fully saturated rings. The summed E-state index contributed by atoms with van der Waals surface area (Å²) in [5.74, 6) is 0. The fourth-order valence-corrected chi connectivity index (χ4v) is 3.02. The van der Waals surface area contributed by atoms with Crippen molar-refractivity contribution in [3.63, 3.8) is 0 Å². The van der Waals surface area contributed by atoms with Gasteiger partial charge < -0.3 is 10.6 Å². The zero-order valence-electron chi connectivity index (χ0n) is 13.1. The third-order valence-corrected chi connectivity index (χ3v) is 4.40. The zero-order chi connectivity index (χ0) is 16.6. The van der Waals surface area contributed by atoms with Gasteiger partial charge in [-0.1, -0.05) is 30.3 Å². The molecule has 0 aliphatic rings. The van der Waals surface area contributed by atoms with E-state index in [-0.39, 0.29) is 12.1 Å². The van der Waals surface area contributed by atoms with E-state index in [0.29, 0.717) is 6.54 Å². The molecule has 0 radical (unpaired) electrons. The molecule has 24 heavy (non-hydrogen) atoms. The lowest BCUT2D eigenvalue weighted by atomic mass is 10.00. The number of rotatable bonds is 6. The number of carbonyl (C=O) groups excluding carboxylic acids is 1. The standard InChI is InChI=1S/C18H18N4OS/c23-18(21-11-8-16-20-12-13-24-16)22-17(14-4-2-1-3-5-14)15-6-9-19-10-7-15/h1-7,9-10,12-13,17H,8,11H2,(H2,21,22,23)/t17-/m0/s1. The minimum Gasteiger partial charge on any atom is -0.338 e. The first-order chi connectivity index (χ1) is 11.8. The number of aromatic nitrogens is 2. The average molecular weight is 338 g/mol. The molecule has 0 saturated carbocycles. The van der Waals surface area contributed by atoms with Crippen LogP contribution < -0.4 is 10.6 Å². The Hall–Kier alpha value is -2.73. The van der Waals surface area contributed by atoms with Crippen LogP contribution in [0.2, 0.25) is 0 Å². The summed E-state index contributed by atoms with van der Waals surface area (Å²) in [6.45, 7) is 0.553. The van der Waals surface area contributed by atoms with Crippen LogP contribution in [0.25, 0.3) is 0 Å². The highest BCUT2D eigenvalue weighted by molar-refractivity contribution is 7.09. The maximum absolute atomic E-state index is 12.3. The summed E-state index contributed by atoms with van der Waals surface area (Å²) in [6, 6.07) is 13.3. The summed E-state index contributed by atoms with van der Waals surface area (Å²) in [5, 5.41) is 8.88. The van der Waals surface area contributed by atoms with Crippen LogP contribution >= 0.6 is 11.3 Å². The van der Waals surface area contributed by atoms with Gasteiger partial charge in [0.25, 0.3) is 0 Å². The number of hydrogen-bond donors (Lipinski definition) is 2. The third-order valence-electron chi connectivity index (χ3n) is 3.56. The van der Waals surface area contributed by atoms with Crippen molar-refractivity contribution in [1.29, 1.82) is 0 Å². The van der Waals surface area contributed by atoms with Crippen molar-refractivity contribution in [2.24, 2.45) is 0 Å². The first kappa shape index (κ1) is 16.1. The molecule has 0 bridgehead atoms. The van der Waals surface area contributed by atoms with Gasteiger partial charge in [-0.25, -0.2) is 9.78 Å². The van der Waals surface area contributed by atoms with Crippen molar-refractivity contribution in [2.75, 3.05) is 6.54 Å². The Balaban J connectivity index is 1.64. The smallest absolute Gasteiger partial charge is 0.315 e. The Morgan fingerprint density at radius 2 is 1.79 bits per heavy atom. The number of urea groups is 1. The number of thiazole rings is 1. The number of pyridine rings is 1. The highest BCUT2D eigenvalue weighted by atomic mass is 32.1. The minimum absolute atomic E-state index is 0.197. The lowest BCUT2D eigenvalue weighted by Gasteiger charge is -2.20. The second-order valence-corrected chi connectivity index (χ2v) is 6.18. The van der Waals surface area contributed by atoms with E-state index in [4.69, 9.17) is 0 Å². The molecule has 0 aliphatic heterocycles. The van der Waals surface area contributed by atoms with Crippen LogP contribution in [0.1, 0.15) is 22.2 Å². The Morgan fingerprint density at radius 3 is 2.50 bits per heavy atom. The fourth-order valence-electron chi connectivity index (χ4n) is 2.40. The topological polar surface area (TPSA) is 66.9 Å². The Labute approximate surface area is 144 Å². The van der Waals surface area contributed by atoms with Crippen LogP contribution in [-0.4, -0.2) is 22.5 Å².